The van der Waals surface area contributed by atoms with Crippen LogP contribution < -0.4 is 5.32 Å². The van der Waals surface area contributed by atoms with Gasteiger partial charge in [0.25, 0.3) is 0 Å². The van der Waals surface area contributed by atoms with Gasteiger partial charge in [-0.25, -0.2) is 4.79 Å². The predicted molar refractivity (Wildman–Crippen MR) is 127 cm³/mol. The van der Waals surface area contributed by atoms with E-state index in [2.05, 4.69) is 22.1 Å². The van der Waals surface area contributed by atoms with Crippen molar-refractivity contribution in [1.29, 1.82) is 0 Å². The van der Waals surface area contributed by atoms with Crippen molar-refractivity contribution in [2.75, 3.05) is 11.1 Å². The number of allylic oxidation sites excluding steroid dienone is 1. The molecule has 9 heteroatoms. The van der Waals surface area contributed by atoms with E-state index in [0.717, 1.165) is 5.56 Å². The Labute approximate surface area is 195 Å². The summed E-state index contributed by atoms with van der Waals surface area (Å²) in [5.74, 6) is 0.0159. The molecule has 0 radical (unpaired) electrons. The Balaban J connectivity index is 1.70. The monoisotopic (exact) mass is 470 g/mol. The second-order valence-electron chi connectivity index (χ2n) is 7.06. The third-order valence-electron chi connectivity index (χ3n) is 4.21. The molecule has 0 unspecified atom stereocenters. The topological polar surface area (TPSA) is 86.1 Å². The van der Waals surface area contributed by atoms with E-state index in [4.69, 9.17) is 16.3 Å². The number of anilines is 1. The largest absolute Gasteiger partial charge is 0.459 e. The van der Waals surface area contributed by atoms with Crippen molar-refractivity contribution in [2.24, 2.45) is 0 Å². The number of nitrogens with zero attached hydrogens (tertiary/aromatic N) is 3. The Morgan fingerprint density at radius 3 is 2.66 bits per heavy atom. The number of ether oxygens (including phenoxy) is 1. The number of hydrogen-bond acceptors (Lipinski definition) is 6. The van der Waals surface area contributed by atoms with Crippen molar-refractivity contribution in [3.63, 3.8) is 0 Å². The summed E-state index contributed by atoms with van der Waals surface area (Å²) in [6.07, 6.45) is 1.50. The van der Waals surface area contributed by atoms with Gasteiger partial charge < -0.3 is 10.1 Å². The minimum atomic E-state index is -0.479. The summed E-state index contributed by atoms with van der Waals surface area (Å²) in [5, 5.41) is 12.2. The zero-order valence-corrected chi connectivity index (χ0v) is 19.3. The third kappa shape index (κ3) is 5.99. The van der Waals surface area contributed by atoms with Crippen LogP contribution in [0.15, 0.2) is 66.3 Å². The molecule has 32 heavy (non-hydrogen) atoms. The van der Waals surface area contributed by atoms with E-state index in [-0.39, 0.29) is 17.8 Å². The molecule has 1 aromatic heterocycles. The summed E-state index contributed by atoms with van der Waals surface area (Å²) in [6, 6.07) is 14.3. The predicted octanol–water partition coefficient (Wildman–Crippen LogP) is 5.08. The van der Waals surface area contributed by atoms with Crippen LogP contribution in [0.4, 0.5) is 5.69 Å². The van der Waals surface area contributed by atoms with Crippen molar-refractivity contribution >= 4 is 40.9 Å². The van der Waals surface area contributed by atoms with Gasteiger partial charge in [0.2, 0.25) is 5.91 Å². The van der Waals surface area contributed by atoms with Crippen LogP contribution in [0.2, 0.25) is 5.02 Å². The summed E-state index contributed by atoms with van der Waals surface area (Å²) in [4.78, 5) is 24.7. The quantitative estimate of drug-likeness (QED) is 0.266. The Hall–Kier alpha value is -3.10. The van der Waals surface area contributed by atoms with Crippen molar-refractivity contribution in [3.8, 4) is 11.4 Å². The lowest BCUT2D eigenvalue weighted by Gasteiger charge is -2.11. The first-order valence-electron chi connectivity index (χ1n) is 9.91. The van der Waals surface area contributed by atoms with E-state index in [0.29, 0.717) is 33.8 Å². The first-order valence-corrected chi connectivity index (χ1v) is 11.3. The number of thioether (sulfide) groups is 1. The molecule has 0 aliphatic carbocycles. The Bertz CT molecular complexity index is 1120. The molecule has 0 aliphatic heterocycles. The molecule has 0 spiro atoms. The van der Waals surface area contributed by atoms with Crippen molar-refractivity contribution in [1.82, 2.24) is 14.8 Å². The number of carbonyl (C=O) groups excluding carboxylic acids is 2. The lowest BCUT2D eigenvalue weighted by molar-refractivity contribution is -0.113. The fourth-order valence-electron chi connectivity index (χ4n) is 2.84. The third-order valence-corrected chi connectivity index (χ3v) is 5.51. The number of esters is 1. The molecule has 1 N–H and O–H groups in total. The van der Waals surface area contributed by atoms with Gasteiger partial charge in [-0.1, -0.05) is 59.8 Å². The number of nitrogens with one attached hydrogen (secondary N) is 1. The first-order chi connectivity index (χ1) is 15.4. The average molecular weight is 471 g/mol. The maximum absolute atomic E-state index is 12.6. The number of hydrogen-bond donors (Lipinski definition) is 1. The normalized spacial score (nSPS) is 10.8. The molecule has 0 aliphatic rings. The van der Waals surface area contributed by atoms with Crippen LogP contribution in [0.5, 0.6) is 0 Å². The van der Waals surface area contributed by atoms with Gasteiger partial charge in [0.05, 0.1) is 28.1 Å². The standard InChI is InChI=1S/C23H23ClN4O3S/c1-4-12-28-21(16-8-6-5-7-9-16)26-27-23(28)32-14-20(29)25-19-13-17(10-11-18(19)24)22(30)31-15(2)3/h4-11,13,15H,1,12,14H2,2-3H3,(H,25,29). The summed E-state index contributed by atoms with van der Waals surface area (Å²) in [7, 11) is 0. The molecule has 1 amide bonds. The molecule has 2 aromatic carbocycles. The summed E-state index contributed by atoms with van der Waals surface area (Å²) in [5.41, 5.74) is 1.58. The molecule has 166 valence electrons. The van der Waals surface area contributed by atoms with Gasteiger partial charge in [0.1, 0.15) is 0 Å². The highest BCUT2D eigenvalue weighted by Gasteiger charge is 2.16. The molecular formula is C23H23ClN4O3S. The molecule has 3 aromatic rings. The van der Waals surface area contributed by atoms with Gasteiger partial charge in [-0.05, 0) is 32.0 Å². The van der Waals surface area contributed by atoms with Crippen molar-refractivity contribution < 1.29 is 14.3 Å². The van der Waals surface area contributed by atoms with E-state index >= 15 is 0 Å². The molecule has 0 bridgehead atoms. The number of amides is 1. The van der Waals surface area contributed by atoms with Gasteiger partial charge in [0, 0.05) is 12.1 Å². The fraction of sp³-hybridized carbons (Fsp3) is 0.217. The lowest BCUT2D eigenvalue weighted by Crippen LogP contribution is -2.16. The summed E-state index contributed by atoms with van der Waals surface area (Å²) >= 11 is 7.44. The van der Waals surface area contributed by atoms with E-state index in [9.17, 15) is 9.59 Å². The van der Waals surface area contributed by atoms with E-state index in [1.54, 1.807) is 32.1 Å². The average Bonchev–Trinajstić information content (AvgIpc) is 3.17. The number of halogens is 1. The summed E-state index contributed by atoms with van der Waals surface area (Å²) < 4.78 is 7.09. The Kier molecular flexibility index (Phi) is 8.08. The van der Waals surface area contributed by atoms with E-state index in [1.807, 2.05) is 34.9 Å². The van der Waals surface area contributed by atoms with Gasteiger partial charge in [-0.3, -0.25) is 9.36 Å². The second-order valence-corrected chi connectivity index (χ2v) is 8.41. The van der Waals surface area contributed by atoms with Gasteiger partial charge in [-0.2, -0.15) is 0 Å². The lowest BCUT2D eigenvalue weighted by atomic mass is 10.2. The van der Waals surface area contributed by atoms with E-state index in [1.165, 1.54) is 17.8 Å². The highest BCUT2D eigenvalue weighted by Crippen LogP contribution is 2.26. The van der Waals surface area contributed by atoms with Crippen LogP contribution in [0.3, 0.4) is 0 Å². The van der Waals surface area contributed by atoms with E-state index < -0.39 is 5.97 Å². The fourth-order valence-corrected chi connectivity index (χ4v) is 3.75. The number of carbonyl (C=O) groups is 2. The molecule has 0 atom stereocenters. The number of benzene rings is 2. The van der Waals surface area contributed by atoms with Crippen molar-refractivity contribution in [3.05, 3.63) is 71.8 Å². The van der Waals surface area contributed by atoms with Crippen LogP contribution in [-0.4, -0.2) is 38.5 Å². The van der Waals surface area contributed by atoms with Crippen LogP contribution in [0.25, 0.3) is 11.4 Å². The van der Waals surface area contributed by atoms with Crippen LogP contribution in [-0.2, 0) is 16.1 Å². The summed E-state index contributed by atoms with van der Waals surface area (Å²) in [6.45, 7) is 7.83. The maximum Gasteiger partial charge on any atom is 0.338 e. The molecule has 0 saturated heterocycles. The van der Waals surface area contributed by atoms with Gasteiger partial charge in [0.15, 0.2) is 11.0 Å². The maximum atomic E-state index is 12.6. The molecule has 0 fully saturated rings. The highest BCUT2D eigenvalue weighted by atomic mass is 35.5. The SMILES string of the molecule is C=CCn1c(SCC(=O)Nc2cc(C(=O)OC(C)C)ccc2Cl)nnc1-c1ccccc1. The molecule has 0 saturated carbocycles. The first kappa shape index (κ1) is 23.6. The van der Waals surface area contributed by atoms with Gasteiger partial charge >= 0.3 is 5.97 Å². The zero-order chi connectivity index (χ0) is 23.1. The Morgan fingerprint density at radius 2 is 1.97 bits per heavy atom. The molecule has 7 nitrogen and oxygen atoms in total. The zero-order valence-electron chi connectivity index (χ0n) is 17.7. The Morgan fingerprint density at radius 1 is 1.22 bits per heavy atom. The molecular weight excluding hydrogens is 448 g/mol. The van der Waals surface area contributed by atoms with Crippen LogP contribution >= 0.6 is 23.4 Å². The molecule has 1 heterocycles. The van der Waals surface area contributed by atoms with Crippen LogP contribution in [0, 0.1) is 0 Å². The minimum Gasteiger partial charge on any atom is -0.459 e. The number of aromatic nitrogens is 3. The smallest absolute Gasteiger partial charge is 0.338 e. The highest BCUT2D eigenvalue weighted by molar-refractivity contribution is 7.99. The number of rotatable bonds is 9. The van der Waals surface area contributed by atoms with Crippen molar-refractivity contribution in [2.45, 2.75) is 31.7 Å². The second kappa shape index (κ2) is 11.0. The minimum absolute atomic E-state index is 0.0844. The molecule has 3 rings (SSSR count). The van der Waals surface area contributed by atoms with Crippen LogP contribution in [0.1, 0.15) is 24.2 Å². The van der Waals surface area contributed by atoms with Gasteiger partial charge in [-0.15, -0.1) is 16.8 Å².